The SMILES string of the molecule is O=C(O)N1CCC(N2CCN(C(=O)c3ccc4[nH]c(=O)oc4c3)CC2)CC1. The number of hydrogen-bond donors (Lipinski definition) is 2. The molecule has 4 rings (SSSR count). The Hall–Kier alpha value is -2.81. The number of fused-ring (bicyclic) bond motifs is 1. The van der Waals surface area contributed by atoms with Crippen molar-refractivity contribution in [1.82, 2.24) is 19.7 Å². The fourth-order valence-corrected chi connectivity index (χ4v) is 3.97. The van der Waals surface area contributed by atoms with E-state index in [4.69, 9.17) is 9.52 Å². The van der Waals surface area contributed by atoms with Crippen LogP contribution in [0.1, 0.15) is 23.2 Å². The molecule has 1 aromatic heterocycles. The third kappa shape index (κ3) is 3.55. The first kappa shape index (κ1) is 17.6. The van der Waals surface area contributed by atoms with Gasteiger partial charge in [0.2, 0.25) is 0 Å². The molecule has 1 aromatic carbocycles. The highest BCUT2D eigenvalue weighted by Crippen LogP contribution is 2.20. The zero-order valence-electron chi connectivity index (χ0n) is 14.9. The van der Waals surface area contributed by atoms with Crippen molar-refractivity contribution in [2.75, 3.05) is 39.3 Å². The van der Waals surface area contributed by atoms with Gasteiger partial charge in [-0.3, -0.25) is 14.7 Å². The van der Waals surface area contributed by atoms with Crippen LogP contribution < -0.4 is 5.76 Å². The normalized spacial score (nSPS) is 19.6. The number of piperazine rings is 1. The molecule has 0 spiro atoms. The topological polar surface area (TPSA) is 110 Å². The average Bonchev–Trinajstić information content (AvgIpc) is 3.07. The molecule has 9 nitrogen and oxygen atoms in total. The van der Waals surface area contributed by atoms with Crippen LogP contribution in [0.5, 0.6) is 0 Å². The second-order valence-electron chi connectivity index (χ2n) is 7.05. The number of aromatic amines is 1. The van der Waals surface area contributed by atoms with E-state index in [-0.39, 0.29) is 5.91 Å². The first-order valence-electron chi connectivity index (χ1n) is 9.15. The molecule has 0 bridgehead atoms. The minimum Gasteiger partial charge on any atom is -0.465 e. The van der Waals surface area contributed by atoms with Crippen LogP contribution in [0.25, 0.3) is 11.1 Å². The Bertz CT molecular complexity index is 904. The second-order valence-corrected chi connectivity index (χ2v) is 7.05. The van der Waals surface area contributed by atoms with Gasteiger partial charge in [0, 0.05) is 50.9 Å². The summed E-state index contributed by atoms with van der Waals surface area (Å²) in [7, 11) is 0. The molecule has 2 aliphatic rings. The van der Waals surface area contributed by atoms with E-state index >= 15 is 0 Å². The molecule has 9 heteroatoms. The van der Waals surface area contributed by atoms with Crippen LogP contribution in [-0.2, 0) is 0 Å². The van der Waals surface area contributed by atoms with Crippen molar-refractivity contribution in [2.45, 2.75) is 18.9 Å². The molecule has 2 fully saturated rings. The molecule has 0 aliphatic carbocycles. The summed E-state index contributed by atoms with van der Waals surface area (Å²) < 4.78 is 5.03. The van der Waals surface area contributed by atoms with E-state index in [9.17, 15) is 14.4 Å². The Kier molecular flexibility index (Phi) is 4.61. The van der Waals surface area contributed by atoms with Gasteiger partial charge in [-0.05, 0) is 31.0 Å². The highest BCUT2D eigenvalue weighted by atomic mass is 16.4. The average molecular weight is 374 g/mol. The molecule has 2 amide bonds. The van der Waals surface area contributed by atoms with Gasteiger partial charge in [0.25, 0.3) is 5.91 Å². The Morgan fingerprint density at radius 1 is 1.04 bits per heavy atom. The molecule has 144 valence electrons. The zero-order chi connectivity index (χ0) is 19.0. The summed E-state index contributed by atoms with van der Waals surface area (Å²) in [5.74, 6) is -0.599. The first-order valence-corrected chi connectivity index (χ1v) is 9.15. The van der Waals surface area contributed by atoms with E-state index in [0.29, 0.717) is 48.9 Å². The summed E-state index contributed by atoms with van der Waals surface area (Å²) in [6.07, 6.45) is 0.825. The quantitative estimate of drug-likeness (QED) is 0.812. The van der Waals surface area contributed by atoms with Crippen LogP contribution in [0, 0.1) is 0 Å². The third-order valence-corrected chi connectivity index (χ3v) is 5.52. The molecule has 0 radical (unpaired) electrons. The fraction of sp³-hybridized carbons (Fsp3) is 0.500. The molecule has 3 heterocycles. The van der Waals surface area contributed by atoms with Gasteiger partial charge in [-0.15, -0.1) is 0 Å². The number of carbonyl (C=O) groups is 2. The van der Waals surface area contributed by atoms with E-state index in [0.717, 1.165) is 25.9 Å². The van der Waals surface area contributed by atoms with E-state index in [1.165, 1.54) is 4.90 Å². The van der Waals surface area contributed by atoms with Gasteiger partial charge in [0.15, 0.2) is 5.58 Å². The molecule has 0 unspecified atom stereocenters. The standard InChI is InChI=1S/C18H22N4O5/c23-16(12-1-2-14-15(11-12)27-17(24)19-14)21-9-7-20(8-10-21)13-3-5-22(6-4-13)18(25)26/h1-2,11,13H,3-10H2,(H,19,24)(H,25,26). The van der Waals surface area contributed by atoms with Gasteiger partial charge in [0.1, 0.15) is 0 Å². The zero-order valence-corrected chi connectivity index (χ0v) is 14.9. The van der Waals surface area contributed by atoms with Crippen LogP contribution >= 0.6 is 0 Å². The molecule has 2 aromatic rings. The van der Waals surface area contributed by atoms with Crippen LogP contribution in [0.2, 0.25) is 0 Å². The van der Waals surface area contributed by atoms with Gasteiger partial charge in [0.05, 0.1) is 5.52 Å². The van der Waals surface area contributed by atoms with Crippen LogP contribution in [0.4, 0.5) is 4.79 Å². The lowest BCUT2D eigenvalue weighted by atomic mass is 10.0. The number of hydrogen-bond acceptors (Lipinski definition) is 5. The third-order valence-electron chi connectivity index (χ3n) is 5.52. The van der Waals surface area contributed by atoms with E-state index in [1.54, 1.807) is 18.2 Å². The highest BCUT2D eigenvalue weighted by Gasteiger charge is 2.30. The van der Waals surface area contributed by atoms with Crippen molar-refractivity contribution in [3.63, 3.8) is 0 Å². The Balaban J connectivity index is 1.35. The second kappa shape index (κ2) is 7.07. The summed E-state index contributed by atoms with van der Waals surface area (Å²) in [5.41, 5.74) is 1.47. The molecule has 0 atom stereocenters. The first-order chi connectivity index (χ1) is 13.0. The number of amides is 2. The number of carbonyl (C=O) groups excluding carboxylic acids is 1. The molecule has 2 aliphatic heterocycles. The lowest BCUT2D eigenvalue weighted by Crippen LogP contribution is -2.54. The minimum absolute atomic E-state index is 0.0684. The lowest BCUT2D eigenvalue weighted by molar-refractivity contribution is 0.0451. The molecular weight excluding hydrogens is 352 g/mol. The lowest BCUT2D eigenvalue weighted by Gasteiger charge is -2.42. The highest BCUT2D eigenvalue weighted by molar-refractivity contribution is 5.97. The Morgan fingerprint density at radius 3 is 2.41 bits per heavy atom. The summed E-state index contributed by atoms with van der Waals surface area (Å²) in [6.45, 7) is 3.97. The summed E-state index contributed by atoms with van der Waals surface area (Å²) in [6, 6.07) is 5.36. The van der Waals surface area contributed by atoms with Gasteiger partial charge < -0.3 is 19.3 Å². The van der Waals surface area contributed by atoms with Crippen molar-refractivity contribution in [1.29, 1.82) is 0 Å². The number of rotatable bonds is 2. The maximum atomic E-state index is 12.8. The number of piperidine rings is 1. The predicted octanol–water partition coefficient (Wildman–Crippen LogP) is 1.02. The number of nitrogens with zero attached hydrogens (tertiary/aromatic N) is 3. The van der Waals surface area contributed by atoms with E-state index < -0.39 is 11.8 Å². The summed E-state index contributed by atoms with van der Waals surface area (Å²) in [4.78, 5) is 43.2. The Morgan fingerprint density at radius 2 is 1.74 bits per heavy atom. The number of likely N-dealkylation sites (tertiary alicyclic amines) is 1. The van der Waals surface area contributed by atoms with Crippen molar-refractivity contribution in [3.8, 4) is 0 Å². The van der Waals surface area contributed by atoms with E-state index in [2.05, 4.69) is 9.88 Å². The van der Waals surface area contributed by atoms with Crippen molar-refractivity contribution >= 4 is 23.1 Å². The van der Waals surface area contributed by atoms with Crippen molar-refractivity contribution in [3.05, 3.63) is 34.3 Å². The summed E-state index contributed by atoms with van der Waals surface area (Å²) in [5, 5.41) is 9.05. The largest absolute Gasteiger partial charge is 0.465 e. The van der Waals surface area contributed by atoms with Gasteiger partial charge in [-0.25, -0.2) is 9.59 Å². The van der Waals surface area contributed by atoms with Crippen LogP contribution in [0.15, 0.2) is 27.4 Å². The van der Waals surface area contributed by atoms with Crippen molar-refractivity contribution in [2.24, 2.45) is 0 Å². The summed E-state index contributed by atoms with van der Waals surface area (Å²) >= 11 is 0. The number of aromatic nitrogens is 1. The number of carboxylic acid groups (broad SMARTS) is 1. The van der Waals surface area contributed by atoms with Crippen LogP contribution in [-0.4, -0.2) is 82.1 Å². The fourth-order valence-electron chi connectivity index (χ4n) is 3.97. The van der Waals surface area contributed by atoms with Crippen LogP contribution in [0.3, 0.4) is 0 Å². The maximum absolute atomic E-state index is 12.8. The minimum atomic E-state index is -0.848. The monoisotopic (exact) mass is 374 g/mol. The predicted molar refractivity (Wildman–Crippen MR) is 96.9 cm³/mol. The Labute approximate surface area is 155 Å². The van der Waals surface area contributed by atoms with E-state index in [1.807, 2.05) is 4.90 Å². The molecule has 2 saturated heterocycles. The van der Waals surface area contributed by atoms with Gasteiger partial charge >= 0.3 is 11.8 Å². The smallest absolute Gasteiger partial charge is 0.417 e. The molecule has 0 saturated carbocycles. The number of oxazole rings is 1. The molecule has 2 N–H and O–H groups in total. The number of benzene rings is 1. The van der Waals surface area contributed by atoms with Crippen molar-refractivity contribution < 1.29 is 19.1 Å². The number of nitrogens with one attached hydrogen (secondary N) is 1. The number of H-pyrrole nitrogens is 1. The maximum Gasteiger partial charge on any atom is 0.417 e. The molecule has 27 heavy (non-hydrogen) atoms. The van der Waals surface area contributed by atoms with Gasteiger partial charge in [-0.2, -0.15) is 0 Å². The molecular formula is C18H22N4O5. The van der Waals surface area contributed by atoms with Gasteiger partial charge in [-0.1, -0.05) is 0 Å².